The molecule has 0 aliphatic rings. The van der Waals surface area contributed by atoms with E-state index in [1.54, 1.807) is 29.8 Å². The third-order valence-corrected chi connectivity index (χ3v) is 7.14. The number of hydrogen-bond acceptors (Lipinski definition) is 6. The lowest BCUT2D eigenvalue weighted by molar-refractivity contribution is 0.0938. The molecule has 0 bridgehead atoms. The van der Waals surface area contributed by atoms with Crippen LogP contribution in [0.25, 0.3) is 10.9 Å². The van der Waals surface area contributed by atoms with Crippen LogP contribution in [0.1, 0.15) is 43.2 Å². The van der Waals surface area contributed by atoms with Crippen LogP contribution in [0.2, 0.25) is 0 Å². The van der Waals surface area contributed by atoms with Crippen molar-refractivity contribution in [2.24, 2.45) is 0 Å². The number of nitrogens with one attached hydrogen (secondary N) is 1. The monoisotopic (exact) mass is 432 g/mol. The van der Waals surface area contributed by atoms with Gasteiger partial charge in [-0.2, -0.15) is 4.31 Å². The first-order valence-electron chi connectivity index (χ1n) is 9.31. The third-order valence-electron chi connectivity index (χ3n) is 4.25. The predicted molar refractivity (Wildman–Crippen MR) is 114 cm³/mol. The maximum Gasteiger partial charge on any atom is 0.270 e. The zero-order valence-electron chi connectivity index (χ0n) is 16.8. The average Bonchev–Trinajstić information content (AvgIpc) is 3.13. The van der Waals surface area contributed by atoms with Crippen molar-refractivity contribution in [3.63, 3.8) is 0 Å². The number of aromatic nitrogens is 2. The summed E-state index contributed by atoms with van der Waals surface area (Å²) in [6.07, 6.45) is 1.58. The van der Waals surface area contributed by atoms with Crippen molar-refractivity contribution in [3.05, 3.63) is 52.6 Å². The van der Waals surface area contributed by atoms with Gasteiger partial charge in [0.1, 0.15) is 15.6 Å². The highest BCUT2D eigenvalue weighted by Crippen LogP contribution is 2.27. The van der Waals surface area contributed by atoms with Gasteiger partial charge >= 0.3 is 0 Å². The van der Waals surface area contributed by atoms with Gasteiger partial charge < -0.3 is 5.32 Å². The van der Waals surface area contributed by atoms with E-state index in [0.717, 1.165) is 5.39 Å². The lowest BCUT2D eigenvalue weighted by Gasteiger charge is -2.25. The van der Waals surface area contributed by atoms with Gasteiger partial charge in [-0.15, -0.1) is 11.3 Å². The van der Waals surface area contributed by atoms with Crippen LogP contribution in [-0.4, -0.2) is 40.7 Å². The highest BCUT2D eigenvalue weighted by atomic mass is 32.2. The quantitative estimate of drug-likeness (QED) is 0.617. The molecule has 0 aliphatic heterocycles. The van der Waals surface area contributed by atoms with E-state index in [-0.39, 0.29) is 29.4 Å². The van der Waals surface area contributed by atoms with Crippen LogP contribution < -0.4 is 5.32 Å². The first-order valence-corrected chi connectivity index (χ1v) is 11.6. The largest absolute Gasteiger partial charge is 0.349 e. The molecule has 2 aromatic heterocycles. The molecule has 3 aromatic rings. The van der Waals surface area contributed by atoms with Crippen LogP contribution in [-0.2, 0) is 16.6 Å². The maximum atomic E-state index is 13.5. The van der Waals surface area contributed by atoms with Crippen LogP contribution in [0, 0.1) is 0 Å². The van der Waals surface area contributed by atoms with E-state index in [0.29, 0.717) is 16.2 Å². The molecule has 9 heteroatoms. The lowest BCUT2D eigenvalue weighted by Crippen LogP contribution is -2.36. The summed E-state index contributed by atoms with van der Waals surface area (Å²) in [7, 11) is -3.82. The molecule has 1 N–H and O–H groups in total. The summed E-state index contributed by atoms with van der Waals surface area (Å²) in [5, 5.41) is 5.76. The number of para-hydroxylation sites is 1. The Morgan fingerprint density at radius 1 is 1.17 bits per heavy atom. The summed E-state index contributed by atoms with van der Waals surface area (Å²) in [5.41, 5.74) is 0.739. The van der Waals surface area contributed by atoms with Crippen molar-refractivity contribution < 1.29 is 13.2 Å². The molecule has 0 atom stereocenters. The number of sulfonamides is 1. The summed E-state index contributed by atoms with van der Waals surface area (Å²) in [6.45, 7) is 7.46. The van der Waals surface area contributed by atoms with Crippen LogP contribution in [0.4, 0.5) is 0 Å². The van der Waals surface area contributed by atoms with Crippen LogP contribution >= 0.6 is 11.3 Å². The first-order chi connectivity index (χ1) is 13.7. The van der Waals surface area contributed by atoms with E-state index in [2.05, 4.69) is 15.3 Å². The Bertz CT molecular complexity index is 1120. The summed E-state index contributed by atoms with van der Waals surface area (Å²) >= 11 is 1.27. The highest BCUT2D eigenvalue weighted by Gasteiger charge is 2.30. The van der Waals surface area contributed by atoms with E-state index < -0.39 is 10.0 Å². The molecular weight excluding hydrogens is 408 g/mol. The number of benzene rings is 1. The SMILES string of the molecule is CC(C)NC(=O)c1csc(CN(C(C)C)S(=O)(=O)c2cccc3cccnc23)n1. The van der Waals surface area contributed by atoms with Crippen molar-refractivity contribution in [1.29, 1.82) is 0 Å². The second-order valence-corrected chi connectivity index (χ2v) is 10.0. The molecule has 0 fully saturated rings. The fourth-order valence-electron chi connectivity index (χ4n) is 2.91. The summed E-state index contributed by atoms with van der Waals surface area (Å²) < 4.78 is 28.3. The molecule has 7 nitrogen and oxygen atoms in total. The molecular formula is C20H24N4O3S2. The molecule has 1 amide bonds. The van der Waals surface area contributed by atoms with Crippen molar-refractivity contribution in [2.75, 3.05) is 0 Å². The Labute approximate surface area is 174 Å². The third kappa shape index (κ3) is 4.63. The number of rotatable bonds is 7. The van der Waals surface area contributed by atoms with Crippen molar-refractivity contribution in [3.8, 4) is 0 Å². The van der Waals surface area contributed by atoms with Gasteiger partial charge in [0.2, 0.25) is 10.0 Å². The lowest BCUT2D eigenvalue weighted by atomic mass is 10.2. The molecule has 0 unspecified atom stereocenters. The second-order valence-electron chi connectivity index (χ2n) is 7.23. The van der Waals surface area contributed by atoms with Gasteiger partial charge in [-0.05, 0) is 39.8 Å². The number of amides is 1. The molecule has 0 radical (unpaired) electrons. The number of fused-ring (bicyclic) bond motifs is 1. The first kappa shape index (κ1) is 21.4. The summed E-state index contributed by atoms with van der Waals surface area (Å²) in [5.74, 6) is -0.264. The van der Waals surface area contributed by atoms with Gasteiger partial charge in [0.05, 0.1) is 12.1 Å². The van der Waals surface area contributed by atoms with E-state index in [4.69, 9.17) is 0 Å². The Hall–Kier alpha value is -2.36. The van der Waals surface area contributed by atoms with Crippen molar-refractivity contribution in [2.45, 2.75) is 51.2 Å². The average molecular weight is 433 g/mol. The summed E-state index contributed by atoms with van der Waals surface area (Å²) in [6, 6.07) is 8.44. The highest BCUT2D eigenvalue weighted by molar-refractivity contribution is 7.89. The summed E-state index contributed by atoms with van der Waals surface area (Å²) in [4.78, 5) is 20.9. The van der Waals surface area contributed by atoms with Crippen LogP contribution in [0.3, 0.4) is 0 Å². The molecule has 154 valence electrons. The van der Waals surface area contributed by atoms with Crippen LogP contribution in [0.5, 0.6) is 0 Å². The molecule has 29 heavy (non-hydrogen) atoms. The van der Waals surface area contributed by atoms with Crippen molar-refractivity contribution in [1.82, 2.24) is 19.6 Å². The van der Waals surface area contributed by atoms with Crippen LogP contribution in [0.15, 0.2) is 46.8 Å². The topological polar surface area (TPSA) is 92.3 Å². The van der Waals surface area contributed by atoms with Gasteiger partial charge in [-0.25, -0.2) is 13.4 Å². The van der Waals surface area contributed by atoms with Gasteiger partial charge in [0.15, 0.2) is 0 Å². The second kappa shape index (κ2) is 8.56. The molecule has 0 saturated carbocycles. The zero-order chi connectivity index (χ0) is 21.2. The predicted octanol–water partition coefficient (Wildman–Crippen LogP) is 3.43. The van der Waals surface area contributed by atoms with Gasteiger partial charge in [0, 0.05) is 29.0 Å². The number of carbonyl (C=O) groups is 1. The van der Waals surface area contributed by atoms with Gasteiger partial charge in [0.25, 0.3) is 5.91 Å². The smallest absolute Gasteiger partial charge is 0.270 e. The number of pyridine rings is 1. The molecule has 2 heterocycles. The standard InChI is InChI=1S/C20H24N4O3S2/c1-13(2)22-20(25)16-12-28-18(23-16)11-24(14(3)4)29(26,27)17-9-5-7-15-8-6-10-21-19(15)17/h5-10,12-14H,11H2,1-4H3,(H,22,25). The number of hydrogen-bond donors (Lipinski definition) is 1. The minimum atomic E-state index is -3.82. The Kier molecular flexibility index (Phi) is 6.30. The van der Waals surface area contributed by atoms with Gasteiger partial charge in [-0.1, -0.05) is 18.2 Å². The normalized spacial score (nSPS) is 12.2. The Morgan fingerprint density at radius 3 is 2.59 bits per heavy atom. The molecule has 0 aliphatic carbocycles. The van der Waals surface area contributed by atoms with E-state index >= 15 is 0 Å². The van der Waals surface area contributed by atoms with Gasteiger partial charge in [-0.3, -0.25) is 9.78 Å². The molecule has 1 aromatic carbocycles. The fraction of sp³-hybridized carbons (Fsp3) is 0.350. The minimum absolute atomic E-state index is 0.000878. The zero-order valence-corrected chi connectivity index (χ0v) is 18.4. The number of carbonyl (C=O) groups excluding carboxylic acids is 1. The fourth-order valence-corrected chi connectivity index (χ4v) is 5.53. The molecule has 3 rings (SSSR count). The van der Waals surface area contributed by atoms with E-state index in [1.165, 1.54) is 15.6 Å². The van der Waals surface area contributed by atoms with Crippen molar-refractivity contribution >= 4 is 38.2 Å². The number of thiazole rings is 1. The Balaban J connectivity index is 1.94. The Morgan fingerprint density at radius 2 is 1.90 bits per heavy atom. The number of nitrogens with zero attached hydrogens (tertiary/aromatic N) is 3. The maximum absolute atomic E-state index is 13.5. The molecule has 0 spiro atoms. The van der Waals surface area contributed by atoms with E-state index in [9.17, 15) is 13.2 Å². The minimum Gasteiger partial charge on any atom is -0.349 e. The molecule has 0 saturated heterocycles. The van der Waals surface area contributed by atoms with E-state index in [1.807, 2.05) is 39.8 Å².